The molecule has 6 nitrogen and oxygen atoms in total. The molecule has 1 saturated heterocycles. The number of rotatable bonds is 6. The first-order chi connectivity index (χ1) is 11.1. The summed E-state index contributed by atoms with van der Waals surface area (Å²) in [6.07, 6.45) is 2.93. The summed E-state index contributed by atoms with van der Waals surface area (Å²) in [5.41, 5.74) is -0.107. The van der Waals surface area contributed by atoms with Gasteiger partial charge in [-0.15, -0.1) is 0 Å². The van der Waals surface area contributed by atoms with Crippen LogP contribution in [0.3, 0.4) is 0 Å². The van der Waals surface area contributed by atoms with Gasteiger partial charge in [-0.05, 0) is 37.1 Å². The van der Waals surface area contributed by atoms with E-state index in [2.05, 4.69) is 15.6 Å². The third-order valence-corrected chi connectivity index (χ3v) is 4.01. The molecule has 3 amide bonds. The summed E-state index contributed by atoms with van der Waals surface area (Å²) in [6.45, 7) is 4.04. The number of hydrogen-bond donors (Lipinski definition) is 2. The minimum absolute atomic E-state index is 0.266. The molecule has 0 bridgehead atoms. The maximum absolute atomic E-state index is 12.5. The summed E-state index contributed by atoms with van der Waals surface area (Å²) in [4.78, 5) is 28.8. The summed E-state index contributed by atoms with van der Waals surface area (Å²) >= 11 is 0. The van der Waals surface area contributed by atoms with Crippen LogP contribution in [0.2, 0.25) is 0 Å². The first kappa shape index (κ1) is 17.0. The van der Waals surface area contributed by atoms with Gasteiger partial charge in [0.1, 0.15) is 17.0 Å². The maximum atomic E-state index is 12.5. The highest BCUT2D eigenvalue weighted by atomic mass is 16.5. The SMILES string of the molecule is CCCC1(CCC)C(=O)NC(=O)NC1=Nc1ccc(OC)cc1. The number of methoxy groups -OCH3 is 1. The van der Waals surface area contributed by atoms with Crippen LogP contribution in [-0.4, -0.2) is 24.9 Å². The Balaban J connectivity index is 2.44. The lowest BCUT2D eigenvalue weighted by Crippen LogP contribution is -2.62. The molecule has 1 heterocycles. The van der Waals surface area contributed by atoms with Gasteiger partial charge in [0.05, 0.1) is 12.8 Å². The number of carbonyl (C=O) groups is 2. The summed E-state index contributed by atoms with van der Waals surface area (Å²) in [7, 11) is 1.60. The van der Waals surface area contributed by atoms with Crippen LogP contribution in [-0.2, 0) is 4.79 Å². The number of imide groups is 1. The highest BCUT2D eigenvalue weighted by Gasteiger charge is 2.46. The lowest BCUT2D eigenvalue weighted by Gasteiger charge is -2.36. The fourth-order valence-electron chi connectivity index (χ4n) is 2.95. The van der Waals surface area contributed by atoms with Crippen molar-refractivity contribution in [3.05, 3.63) is 24.3 Å². The van der Waals surface area contributed by atoms with E-state index in [9.17, 15) is 9.59 Å². The number of benzene rings is 1. The van der Waals surface area contributed by atoms with E-state index >= 15 is 0 Å². The first-order valence-corrected chi connectivity index (χ1v) is 7.91. The topological polar surface area (TPSA) is 79.8 Å². The molecule has 0 aliphatic carbocycles. The van der Waals surface area contributed by atoms with Crippen LogP contribution < -0.4 is 15.4 Å². The Morgan fingerprint density at radius 3 is 2.17 bits per heavy atom. The van der Waals surface area contributed by atoms with E-state index in [-0.39, 0.29) is 5.91 Å². The minimum Gasteiger partial charge on any atom is -0.497 e. The average molecular weight is 317 g/mol. The van der Waals surface area contributed by atoms with E-state index in [1.807, 2.05) is 13.8 Å². The lowest BCUT2D eigenvalue weighted by atomic mass is 9.76. The van der Waals surface area contributed by atoms with Crippen molar-refractivity contribution in [2.24, 2.45) is 10.4 Å². The predicted molar refractivity (Wildman–Crippen MR) is 89.0 cm³/mol. The Kier molecular flexibility index (Phi) is 5.36. The molecule has 1 aromatic rings. The molecular formula is C17H23N3O3. The van der Waals surface area contributed by atoms with Gasteiger partial charge in [0.15, 0.2) is 0 Å². The zero-order valence-corrected chi connectivity index (χ0v) is 13.8. The van der Waals surface area contributed by atoms with Gasteiger partial charge in [0.2, 0.25) is 5.91 Å². The number of hydrogen-bond acceptors (Lipinski definition) is 4. The first-order valence-electron chi connectivity index (χ1n) is 7.91. The summed E-state index contributed by atoms with van der Waals surface area (Å²) in [5, 5.41) is 5.12. The normalized spacial score (nSPS) is 18.5. The number of urea groups is 1. The molecule has 124 valence electrons. The second-order valence-corrected chi connectivity index (χ2v) is 5.65. The minimum atomic E-state index is -0.780. The van der Waals surface area contributed by atoms with Crippen molar-refractivity contribution >= 4 is 23.5 Å². The molecule has 1 aliphatic heterocycles. The zero-order chi connectivity index (χ0) is 16.9. The smallest absolute Gasteiger partial charge is 0.326 e. The second-order valence-electron chi connectivity index (χ2n) is 5.65. The largest absolute Gasteiger partial charge is 0.497 e. The lowest BCUT2D eigenvalue weighted by molar-refractivity contribution is -0.127. The fourth-order valence-corrected chi connectivity index (χ4v) is 2.95. The van der Waals surface area contributed by atoms with Crippen LogP contribution in [0.5, 0.6) is 5.75 Å². The quantitative estimate of drug-likeness (QED) is 0.846. The van der Waals surface area contributed by atoms with Crippen molar-refractivity contribution in [3.8, 4) is 5.75 Å². The number of aliphatic imine (C=N–C) groups is 1. The van der Waals surface area contributed by atoms with Gasteiger partial charge in [-0.2, -0.15) is 0 Å². The molecule has 0 radical (unpaired) electrons. The van der Waals surface area contributed by atoms with Crippen LogP contribution in [0.4, 0.5) is 10.5 Å². The molecule has 23 heavy (non-hydrogen) atoms. The van der Waals surface area contributed by atoms with Crippen molar-refractivity contribution in [3.63, 3.8) is 0 Å². The van der Waals surface area contributed by atoms with Crippen molar-refractivity contribution in [1.29, 1.82) is 0 Å². The average Bonchev–Trinajstić information content (AvgIpc) is 2.53. The Morgan fingerprint density at radius 1 is 1.04 bits per heavy atom. The van der Waals surface area contributed by atoms with Crippen molar-refractivity contribution in [2.45, 2.75) is 39.5 Å². The Hall–Kier alpha value is -2.37. The predicted octanol–water partition coefficient (Wildman–Crippen LogP) is 3.15. The van der Waals surface area contributed by atoms with Gasteiger partial charge in [-0.25, -0.2) is 9.79 Å². The van der Waals surface area contributed by atoms with Gasteiger partial charge < -0.3 is 4.74 Å². The molecule has 1 aromatic carbocycles. The van der Waals surface area contributed by atoms with Crippen LogP contribution in [0.25, 0.3) is 0 Å². The van der Waals surface area contributed by atoms with Crippen molar-refractivity contribution in [1.82, 2.24) is 10.6 Å². The van der Waals surface area contributed by atoms with Gasteiger partial charge in [-0.1, -0.05) is 26.7 Å². The third-order valence-electron chi connectivity index (χ3n) is 4.01. The Morgan fingerprint density at radius 2 is 1.65 bits per heavy atom. The van der Waals surface area contributed by atoms with E-state index < -0.39 is 11.4 Å². The van der Waals surface area contributed by atoms with Crippen LogP contribution in [0.1, 0.15) is 39.5 Å². The van der Waals surface area contributed by atoms with E-state index in [0.29, 0.717) is 24.4 Å². The highest BCUT2D eigenvalue weighted by molar-refractivity contribution is 6.21. The molecule has 0 atom stereocenters. The molecule has 2 rings (SSSR count). The monoisotopic (exact) mass is 317 g/mol. The molecule has 1 aliphatic rings. The standard InChI is InChI=1S/C17H23N3O3/c1-4-10-17(11-5-2)14(19-16(22)20-15(17)21)18-12-6-8-13(23-3)9-7-12/h6-9H,4-5,10-11H2,1-3H3,(H2,18,19,20,21,22). The van der Waals surface area contributed by atoms with Crippen molar-refractivity contribution in [2.75, 3.05) is 7.11 Å². The highest BCUT2D eigenvalue weighted by Crippen LogP contribution is 2.34. The summed E-state index contributed by atoms with van der Waals surface area (Å²) in [6, 6.07) is 6.67. The molecule has 0 spiro atoms. The number of nitrogens with zero attached hydrogens (tertiary/aromatic N) is 1. The van der Waals surface area contributed by atoms with Gasteiger partial charge in [0.25, 0.3) is 0 Å². The molecule has 2 N–H and O–H groups in total. The van der Waals surface area contributed by atoms with Crippen molar-refractivity contribution < 1.29 is 14.3 Å². The number of ether oxygens (including phenoxy) is 1. The van der Waals surface area contributed by atoms with E-state index in [4.69, 9.17) is 4.74 Å². The molecule has 0 aromatic heterocycles. The number of carbonyl (C=O) groups excluding carboxylic acids is 2. The summed E-state index contributed by atoms with van der Waals surface area (Å²) < 4.78 is 5.13. The molecule has 0 saturated carbocycles. The van der Waals surface area contributed by atoms with Gasteiger partial charge >= 0.3 is 6.03 Å². The number of amides is 3. The molecule has 6 heteroatoms. The fraction of sp³-hybridized carbons (Fsp3) is 0.471. The Bertz CT molecular complexity index is 602. The van der Waals surface area contributed by atoms with Crippen LogP contribution in [0, 0.1) is 5.41 Å². The van der Waals surface area contributed by atoms with Crippen LogP contribution >= 0.6 is 0 Å². The third kappa shape index (κ3) is 3.52. The molecule has 1 fully saturated rings. The Labute approximate surface area is 136 Å². The summed E-state index contributed by atoms with van der Waals surface area (Å²) in [5.74, 6) is 0.894. The van der Waals surface area contributed by atoms with Crippen LogP contribution in [0.15, 0.2) is 29.3 Å². The molecule has 0 unspecified atom stereocenters. The van der Waals surface area contributed by atoms with Gasteiger partial charge in [0, 0.05) is 0 Å². The van der Waals surface area contributed by atoms with E-state index in [0.717, 1.165) is 18.6 Å². The number of amidine groups is 1. The molecular weight excluding hydrogens is 294 g/mol. The zero-order valence-electron chi connectivity index (χ0n) is 13.8. The second kappa shape index (κ2) is 7.26. The van der Waals surface area contributed by atoms with E-state index in [1.54, 1.807) is 31.4 Å². The number of nitrogens with one attached hydrogen (secondary N) is 2. The maximum Gasteiger partial charge on any atom is 0.326 e. The van der Waals surface area contributed by atoms with Gasteiger partial charge in [-0.3, -0.25) is 15.4 Å². The van der Waals surface area contributed by atoms with E-state index in [1.165, 1.54) is 0 Å².